The van der Waals surface area contributed by atoms with Gasteiger partial charge in [0.05, 0.1) is 6.04 Å². The molecule has 2 aromatic rings. The largest absolute Gasteiger partial charge is 0.331 e. The average molecular weight is 316 g/mol. The fourth-order valence-corrected chi connectivity index (χ4v) is 3.65. The van der Waals surface area contributed by atoms with Gasteiger partial charge in [-0.1, -0.05) is 18.2 Å². The summed E-state index contributed by atoms with van der Waals surface area (Å²) in [6.07, 6.45) is 0.794. The number of halogens is 1. The monoisotopic (exact) mass is 316 g/mol. The van der Waals surface area contributed by atoms with Gasteiger partial charge in [0, 0.05) is 16.3 Å². The highest BCUT2D eigenvalue weighted by Gasteiger charge is 2.23. The molecule has 0 spiro atoms. The van der Waals surface area contributed by atoms with E-state index in [1.165, 1.54) is 12.1 Å². The quantitative estimate of drug-likeness (QED) is 0.857. The van der Waals surface area contributed by atoms with Gasteiger partial charge in [0.2, 0.25) is 0 Å². The van der Waals surface area contributed by atoms with Crippen molar-refractivity contribution in [1.29, 1.82) is 0 Å². The van der Waals surface area contributed by atoms with E-state index in [0.717, 1.165) is 33.9 Å². The Morgan fingerprint density at radius 1 is 1.27 bits per heavy atom. The van der Waals surface area contributed by atoms with Gasteiger partial charge in [0.25, 0.3) is 0 Å². The van der Waals surface area contributed by atoms with Crippen LogP contribution < -0.4 is 10.6 Å². The van der Waals surface area contributed by atoms with Crippen LogP contribution in [-0.4, -0.2) is 11.8 Å². The normalized spacial score (nSPS) is 16.7. The van der Waals surface area contributed by atoms with Gasteiger partial charge in [0.1, 0.15) is 5.82 Å². The molecule has 0 saturated heterocycles. The summed E-state index contributed by atoms with van der Waals surface area (Å²) in [7, 11) is 0. The number of fused-ring (bicyclic) bond motifs is 1. The summed E-state index contributed by atoms with van der Waals surface area (Å²) in [5.41, 5.74) is 2.64. The number of carbonyl (C=O) groups is 1. The van der Waals surface area contributed by atoms with Crippen LogP contribution in [0.4, 0.5) is 14.9 Å². The summed E-state index contributed by atoms with van der Waals surface area (Å²) in [6, 6.07) is 11.9. The molecule has 1 aliphatic heterocycles. The van der Waals surface area contributed by atoms with E-state index in [0.29, 0.717) is 0 Å². The standard InChI is InChI=1S/C17H17FN2OS/c1-11-4-2-3-5-14(11)19-17(21)20-15-8-9-22-16-7-6-12(18)10-13(15)16/h2-7,10,15H,8-9H2,1H3,(H2,19,20,21). The third-order valence-corrected chi connectivity index (χ3v) is 4.83. The zero-order valence-corrected chi connectivity index (χ0v) is 13.0. The molecule has 0 saturated carbocycles. The smallest absolute Gasteiger partial charge is 0.319 e. The number of aryl methyl sites for hydroxylation is 1. The fourth-order valence-electron chi connectivity index (χ4n) is 2.55. The molecule has 22 heavy (non-hydrogen) atoms. The molecule has 2 amide bonds. The second kappa shape index (κ2) is 6.40. The van der Waals surface area contributed by atoms with Crippen molar-refractivity contribution in [3.8, 4) is 0 Å². The zero-order valence-electron chi connectivity index (χ0n) is 12.2. The van der Waals surface area contributed by atoms with Crippen LogP contribution in [0, 0.1) is 12.7 Å². The van der Waals surface area contributed by atoms with Crippen molar-refractivity contribution < 1.29 is 9.18 Å². The number of hydrogen-bond donors (Lipinski definition) is 2. The molecule has 1 aliphatic rings. The van der Waals surface area contributed by atoms with Crippen molar-refractivity contribution in [3.63, 3.8) is 0 Å². The van der Waals surface area contributed by atoms with Crippen LogP contribution in [0.2, 0.25) is 0 Å². The average Bonchev–Trinajstić information content (AvgIpc) is 2.50. The van der Waals surface area contributed by atoms with Crippen LogP contribution in [0.3, 0.4) is 0 Å². The lowest BCUT2D eigenvalue weighted by Gasteiger charge is -2.26. The number of anilines is 1. The molecular weight excluding hydrogens is 299 g/mol. The summed E-state index contributed by atoms with van der Waals surface area (Å²) >= 11 is 1.70. The Morgan fingerprint density at radius 3 is 2.91 bits per heavy atom. The Bertz CT molecular complexity index is 705. The Labute approximate surface area is 133 Å². The van der Waals surface area contributed by atoms with Gasteiger partial charge in [-0.3, -0.25) is 0 Å². The Balaban J connectivity index is 1.73. The summed E-state index contributed by atoms with van der Waals surface area (Å²) < 4.78 is 13.5. The van der Waals surface area contributed by atoms with Crippen LogP contribution in [0.25, 0.3) is 0 Å². The lowest BCUT2D eigenvalue weighted by atomic mass is 10.0. The lowest BCUT2D eigenvalue weighted by Crippen LogP contribution is -2.34. The number of hydrogen-bond acceptors (Lipinski definition) is 2. The molecule has 114 valence electrons. The maximum absolute atomic E-state index is 13.5. The molecule has 3 rings (SSSR count). The third kappa shape index (κ3) is 3.25. The predicted molar refractivity (Wildman–Crippen MR) is 87.8 cm³/mol. The minimum Gasteiger partial charge on any atom is -0.331 e. The lowest BCUT2D eigenvalue weighted by molar-refractivity contribution is 0.248. The number of para-hydroxylation sites is 1. The Morgan fingerprint density at radius 2 is 2.09 bits per heavy atom. The molecule has 1 atom stereocenters. The topological polar surface area (TPSA) is 41.1 Å². The minimum atomic E-state index is -0.271. The number of thioether (sulfide) groups is 1. The van der Waals surface area contributed by atoms with Gasteiger partial charge in [0.15, 0.2) is 0 Å². The van der Waals surface area contributed by atoms with Crippen molar-refractivity contribution in [2.75, 3.05) is 11.1 Å². The molecule has 1 heterocycles. The van der Waals surface area contributed by atoms with E-state index >= 15 is 0 Å². The van der Waals surface area contributed by atoms with Gasteiger partial charge < -0.3 is 10.6 Å². The summed E-state index contributed by atoms with van der Waals surface area (Å²) in [5, 5.41) is 5.80. The first-order valence-electron chi connectivity index (χ1n) is 7.19. The number of benzene rings is 2. The highest BCUT2D eigenvalue weighted by molar-refractivity contribution is 7.99. The first-order valence-corrected chi connectivity index (χ1v) is 8.17. The van der Waals surface area contributed by atoms with E-state index in [4.69, 9.17) is 0 Å². The predicted octanol–water partition coefficient (Wildman–Crippen LogP) is 4.49. The molecule has 0 fully saturated rings. The Hall–Kier alpha value is -2.01. The molecule has 0 radical (unpaired) electrons. The van der Waals surface area contributed by atoms with Crippen LogP contribution in [-0.2, 0) is 0 Å². The molecule has 0 aliphatic carbocycles. The maximum atomic E-state index is 13.5. The van der Waals surface area contributed by atoms with Crippen LogP contribution >= 0.6 is 11.8 Å². The van der Waals surface area contributed by atoms with E-state index < -0.39 is 0 Å². The number of urea groups is 1. The van der Waals surface area contributed by atoms with Crippen LogP contribution in [0.5, 0.6) is 0 Å². The van der Waals surface area contributed by atoms with E-state index in [1.807, 2.05) is 31.2 Å². The number of nitrogens with one attached hydrogen (secondary N) is 2. The van der Waals surface area contributed by atoms with Crippen molar-refractivity contribution in [3.05, 3.63) is 59.4 Å². The van der Waals surface area contributed by atoms with Gasteiger partial charge in [-0.2, -0.15) is 0 Å². The SMILES string of the molecule is Cc1ccccc1NC(=O)NC1CCSc2ccc(F)cc21. The third-order valence-electron chi connectivity index (χ3n) is 3.71. The summed E-state index contributed by atoms with van der Waals surface area (Å²) in [6.45, 7) is 1.94. The number of amides is 2. The number of rotatable bonds is 2. The molecule has 0 aromatic heterocycles. The van der Waals surface area contributed by atoms with Crippen LogP contribution in [0.15, 0.2) is 47.4 Å². The molecular formula is C17H17FN2OS. The van der Waals surface area contributed by atoms with Crippen LogP contribution in [0.1, 0.15) is 23.6 Å². The maximum Gasteiger partial charge on any atom is 0.319 e. The zero-order chi connectivity index (χ0) is 15.5. The Kier molecular flexibility index (Phi) is 4.34. The van der Waals surface area contributed by atoms with Gasteiger partial charge in [-0.25, -0.2) is 9.18 Å². The molecule has 1 unspecified atom stereocenters. The van der Waals surface area contributed by atoms with E-state index in [-0.39, 0.29) is 17.9 Å². The van der Waals surface area contributed by atoms with Gasteiger partial charge >= 0.3 is 6.03 Å². The second-order valence-electron chi connectivity index (χ2n) is 5.29. The summed E-state index contributed by atoms with van der Waals surface area (Å²) in [5.74, 6) is 0.640. The van der Waals surface area contributed by atoms with Crippen molar-refractivity contribution in [1.82, 2.24) is 5.32 Å². The highest BCUT2D eigenvalue weighted by atomic mass is 32.2. The molecule has 3 nitrogen and oxygen atoms in total. The van der Waals surface area contributed by atoms with Crippen molar-refractivity contribution in [2.24, 2.45) is 0 Å². The van der Waals surface area contributed by atoms with Gasteiger partial charge in [-0.05, 0) is 48.7 Å². The van der Waals surface area contributed by atoms with E-state index in [1.54, 1.807) is 17.8 Å². The van der Waals surface area contributed by atoms with Crippen molar-refractivity contribution in [2.45, 2.75) is 24.3 Å². The minimum absolute atomic E-state index is 0.157. The molecule has 0 bridgehead atoms. The van der Waals surface area contributed by atoms with E-state index in [9.17, 15) is 9.18 Å². The van der Waals surface area contributed by atoms with Gasteiger partial charge in [-0.15, -0.1) is 11.8 Å². The first-order chi connectivity index (χ1) is 10.6. The molecule has 2 N–H and O–H groups in total. The van der Waals surface area contributed by atoms with Crippen molar-refractivity contribution >= 4 is 23.5 Å². The molecule has 5 heteroatoms. The first kappa shape index (κ1) is 14.9. The second-order valence-corrected chi connectivity index (χ2v) is 6.42. The number of carbonyl (C=O) groups excluding carboxylic acids is 1. The molecule has 2 aromatic carbocycles. The van der Waals surface area contributed by atoms with E-state index in [2.05, 4.69) is 10.6 Å². The summed E-state index contributed by atoms with van der Waals surface area (Å²) in [4.78, 5) is 13.2. The highest BCUT2D eigenvalue weighted by Crippen LogP contribution is 2.36. The fraction of sp³-hybridized carbons (Fsp3) is 0.235.